The molecule has 2 aliphatic heterocycles. The van der Waals surface area contributed by atoms with Crippen LogP contribution in [0.15, 0.2) is 78.5 Å². The molecule has 3 heterocycles. The summed E-state index contributed by atoms with van der Waals surface area (Å²) in [5.41, 5.74) is 4.16. The van der Waals surface area contributed by atoms with E-state index in [4.69, 9.17) is 16.6 Å². The molecule has 1 N–H and O–H groups in total. The van der Waals surface area contributed by atoms with Crippen LogP contribution in [0, 0.1) is 5.82 Å². The lowest BCUT2D eigenvalue weighted by molar-refractivity contribution is 0.204. The fraction of sp³-hybridized carbons (Fsp3) is 0.296. The number of amides is 2. The summed E-state index contributed by atoms with van der Waals surface area (Å²) in [4.78, 5) is 25.7. The van der Waals surface area contributed by atoms with Gasteiger partial charge >= 0.3 is 6.03 Å². The van der Waals surface area contributed by atoms with Gasteiger partial charge in [0.2, 0.25) is 0 Å². The van der Waals surface area contributed by atoms with Gasteiger partial charge in [0.05, 0.1) is 17.9 Å². The number of carbonyl (C=O) groups excluding carboxylic acids is 1. The molecule has 7 nitrogen and oxygen atoms in total. The molecular weight excluding hydrogens is 479 g/mol. The minimum absolute atomic E-state index is 0.0416. The number of aromatic nitrogens is 2. The minimum Gasteiger partial charge on any atom is -0.369 e. The molecule has 1 unspecified atom stereocenters. The van der Waals surface area contributed by atoms with E-state index in [1.165, 1.54) is 23.3 Å². The van der Waals surface area contributed by atoms with Gasteiger partial charge in [0.15, 0.2) is 0 Å². The highest BCUT2D eigenvalue weighted by atomic mass is 35.5. The molecule has 1 saturated heterocycles. The summed E-state index contributed by atoms with van der Waals surface area (Å²) in [6.07, 6.45) is 7.02. The Morgan fingerprint density at radius 2 is 2.06 bits per heavy atom. The van der Waals surface area contributed by atoms with Gasteiger partial charge < -0.3 is 14.4 Å². The lowest BCUT2D eigenvalue weighted by Gasteiger charge is -2.31. The molecule has 0 radical (unpaired) electrons. The fourth-order valence-corrected chi connectivity index (χ4v) is 4.89. The van der Waals surface area contributed by atoms with Crippen molar-refractivity contribution in [3.63, 3.8) is 0 Å². The van der Waals surface area contributed by atoms with Crippen molar-refractivity contribution in [2.45, 2.75) is 32.0 Å². The number of aryl methyl sites for hydroxylation is 1. The van der Waals surface area contributed by atoms with Gasteiger partial charge in [-0.3, -0.25) is 10.3 Å². The van der Waals surface area contributed by atoms with Crippen LogP contribution in [0.1, 0.15) is 29.2 Å². The maximum atomic E-state index is 14.4. The molecule has 2 aromatic carbocycles. The molecule has 186 valence electrons. The molecule has 1 aromatic heterocycles. The number of carbonyl (C=O) groups is 1. The number of nitrogens with zero attached hydrogens (tertiary/aromatic N) is 5. The SMILES string of the molecule is C=C(CN=C1NC(=O)N(CCCn2ccnc2)C1c1ccc(Cl)c(F)c1)N1CCc2ccccc2C1. The lowest BCUT2D eigenvalue weighted by atomic mass is 9.99. The van der Waals surface area contributed by atoms with Crippen molar-refractivity contribution < 1.29 is 9.18 Å². The molecule has 0 saturated carbocycles. The van der Waals surface area contributed by atoms with Crippen LogP contribution in [0.3, 0.4) is 0 Å². The van der Waals surface area contributed by atoms with Gasteiger partial charge in [0.25, 0.3) is 0 Å². The highest BCUT2D eigenvalue weighted by molar-refractivity contribution is 6.30. The van der Waals surface area contributed by atoms with E-state index >= 15 is 0 Å². The maximum absolute atomic E-state index is 14.4. The summed E-state index contributed by atoms with van der Waals surface area (Å²) in [6.45, 7) is 7.45. The van der Waals surface area contributed by atoms with Crippen molar-refractivity contribution in [2.75, 3.05) is 19.6 Å². The van der Waals surface area contributed by atoms with Gasteiger partial charge in [-0.2, -0.15) is 0 Å². The molecule has 0 spiro atoms. The molecule has 2 aliphatic rings. The summed E-state index contributed by atoms with van der Waals surface area (Å²) in [7, 11) is 0. The van der Waals surface area contributed by atoms with Crippen molar-refractivity contribution in [3.05, 3.63) is 101 Å². The third-order valence-corrected chi connectivity index (χ3v) is 7.02. The van der Waals surface area contributed by atoms with Crippen molar-refractivity contribution in [2.24, 2.45) is 4.99 Å². The third-order valence-electron chi connectivity index (χ3n) is 6.71. The smallest absolute Gasteiger partial charge is 0.323 e. The molecule has 9 heteroatoms. The van der Waals surface area contributed by atoms with Crippen LogP contribution >= 0.6 is 11.6 Å². The molecule has 3 aromatic rings. The lowest BCUT2D eigenvalue weighted by Crippen LogP contribution is -2.31. The second kappa shape index (κ2) is 10.5. The number of amidine groups is 1. The fourth-order valence-electron chi connectivity index (χ4n) is 4.78. The Morgan fingerprint density at radius 1 is 1.22 bits per heavy atom. The van der Waals surface area contributed by atoms with Crippen LogP contribution in [0.2, 0.25) is 5.02 Å². The number of rotatable bonds is 8. The molecule has 36 heavy (non-hydrogen) atoms. The number of halogens is 2. The van der Waals surface area contributed by atoms with Crippen LogP contribution in [0.5, 0.6) is 0 Å². The summed E-state index contributed by atoms with van der Waals surface area (Å²) < 4.78 is 16.3. The number of imidazole rings is 1. The van der Waals surface area contributed by atoms with Crippen LogP contribution in [0.4, 0.5) is 9.18 Å². The minimum atomic E-state index is -0.526. The number of hydrogen-bond acceptors (Lipinski definition) is 4. The number of nitrogens with one attached hydrogen (secondary N) is 1. The van der Waals surface area contributed by atoms with Crippen LogP contribution in [-0.4, -0.2) is 50.9 Å². The van der Waals surface area contributed by atoms with Gasteiger partial charge in [-0.1, -0.05) is 48.5 Å². The zero-order valence-corrected chi connectivity index (χ0v) is 20.7. The van der Waals surface area contributed by atoms with Crippen LogP contribution in [0.25, 0.3) is 0 Å². The number of hydrogen-bond donors (Lipinski definition) is 1. The quantitative estimate of drug-likeness (QED) is 0.477. The molecule has 0 bridgehead atoms. The van der Waals surface area contributed by atoms with E-state index in [9.17, 15) is 9.18 Å². The summed E-state index contributed by atoms with van der Waals surface area (Å²) in [5, 5.41) is 2.95. The molecule has 2 amide bonds. The van der Waals surface area contributed by atoms with E-state index < -0.39 is 11.9 Å². The van der Waals surface area contributed by atoms with Crippen molar-refractivity contribution in [1.29, 1.82) is 0 Å². The van der Waals surface area contributed by atoms with Crippen LogP contribution in [-0.2, 0) is 19.5 Å². The summed E-state index contributed by atoms with van der Waals surface area (Å²) in [6, 6.07) is 12.3. The van der Waals surface area contributed by atoms with Gasteiger partial charge in [-0.25, -0.2) is 14.2 Å². The highest BCUT2D eigenvalue weighted by Gasteiger charge is 2.37. The second-order valence-electron chi connectivity index (χ2n) is 9.06. The Morgan fingerprint density at radius 3 is 2.83 bits per heavy atom. The summed E-state index contributed by atoms with van der Waals surface area (Å²) in [5.74, 6) is -0.0365. The number of benzene rings is 2. The Bertz CT molecular complexity index is 1290. The largest absolute Gasteiger partial charge is 0.369 e. The Hall–Kier alpha value is -3.65. The predicted octanol–water partition coefficient (Wildman–Crippen LogP) is 4.80. The van der Waals surface area contributed by atoms with Crippen molar-refractivity contribution >= 4 is 23.5 Å². The van der Waals surface area contributed by atoms with Gasteiger partial charge in [0, 0.05) is 44.3 Å². The van der Waals surface area contributed by atoms with Crippen LogP contribution < -0.4 is 5.32 Å². The molecule has 0 aliphatic carbocycles. The normalized spacial score (nSPS) is 18.4. The third kappa shape index (κ3) is 5.14. The topological polar surface area (TPSA) is 65.8 Å². The zero-order chi connectivity index (χ0) is 25.1. The van der Waals surface area contributed by atoms with Gasteiger partial charge in [-0.15, -0.1) is 0 Å². The average molecular weight is 507 g/mol. The monoisotopic (exact) mass is 506 g/mol. The van der Waals surface area contributed by atoms with Gasteiger partial charge in [-0.05, 0) is 41.7 Å². The van der Waals surface area contributed by atoms with E-state index in [0.29, 0.717) is 37.5 Å². The van der Waals surface area contributed by atoms with E-state index in [0.717, 1.165) is 25.2 Å². The Labute approximate surface area is 214 Å². The molecular formula is C27H28ClFN6O. The molecule has 5 rings (SSSR count). The van der Waals surface area contributed by atoms with E-state index in [-0.39, 0.29) is 11.1 Å². The number of fused-ring (bicyclic) bond motifs is 1. The zero-order valence-electron chi connectivity index (χ0n) is 19.9. The maximum Gasteiger partial charge on any atom is 0.323 e. The number of aliphatic imine (C=N–C) groups is 1. The van der Waals surface area contributed by atoms with Crippen molar-refractivity contribution in [3.8, 4) is 0 Å². The first kappa shape index (κ1) is 24.1. The van der Waals surface area contributed by atoms with E-state index in [2.05, 4.69) is 46.0 Å². The first-order valence-electron chi connectivity index (χ1n) is 12.0. The highest BCUT2D eigenvalue weighted by Crippen LogP contribution is 2.30. The summed E-state index contributed by atoms with van der Waals surface area (Å²) >= 11 is 5.93. The molecule has 1 atom stereocenters. The predicted molar refractivity (Wildman–Crippen MR) is 138 cm³/mol. The first-order chi connectivity index (χ1) is 17.5. The average Bonchev–Trinajstić information content (AvgIpc) is 3.52. The standard InChI is InChI=1S/C27H28ClFN6O/c1-19(34-13-9-20-5-2-3-6-22(20)17-34)16-31-26-25(21-7-8-23(28)24(29)15-21)35(27(36)32-26)12-4-11-33-14-10-30-18-33/h2-3,5-8,10,14-15,18,25H,1,4,9,11-13,16-17H2,(H,31,32,36). The Balaban J connectivity index is 1.33. The number of urea groups is 1. The molecule has 1 fully saturated rings. The van der Waals surface area contributed by atoms with Crippen molar-refractivity contribution in [1.82, 2.24) is 24.7 Å². The first-order valence-corrected chi connectivity index (χ1v) is 12.4. The van der Waals surface area contributed by atoms with E-state index in [1.807, 2.05) is 10.8 Å². The Kier molecular flexibility index (Phi) is 7.04. The van der Waals surface area contributed by atoms with E-state index in [1.54, 1.807) is 23.5 Å². The van der Waals surface area contributed by atoms with Gasteiger partial charge in [0.1, 0.15) is 17.7 Å². The second-order valence-corrected chi connectivity index (χ2v) is 9.47.